The van der Waals surface area contributed by atoms with Gasteiger partial charge < -0.3 is 10.6 Å². The van der Waals surface area contributed by atoms with Crippen molar-refractivity contribution in [1.29, 1.82) is 0 Å². The maximum atomic E-state index is 12.2. The average molecular weight is 301 g/mol. The van der Waals surface area contributed by atoms with Crippen molar-refractivity contribution in [1.82, 2.24) is 4.90 Å². The van der Waals surface area contributed by atoms with E-state index in [9.17, 15) is 4.79 Å². The first-order valence-electron chi connectivity index (χ1n) is 6.54. The molecule has 1 aliphatic heterocycles. The normalized spacial score (nSPS) is 16.7. The van der Waals surface area contributed by atoms with Crippen molar-refractivity contribution in [3.05, 3.63) is 33.8 Å². The Morgan fingerprint density at radius 1 is 1.26 bits per heavy atom. The Bertz CT molecular complexity index is 459. The molecule has 1 aromatic rings. The van der Waals surface area contributed by atoms with Crippen molar-refractivity contribution < 1.29 is 4.79 Å². The fraction of sp³-hybridized carbons (Fsp3) is 0.500. The highest BCUT2D eigenvalue weighted by Crippen LogP contribution is 2.28. The number of carbonyl (C=O) groups excluding carboxylic acids is 1. The molecule has 1 saturated heterocycles. The molecule has 19 heavy (non-hydrogen) atoms. The lowest BCUT2D eigenvalue weighted by Gasteiger charge is -2.20. The Morgan fingerprint density at radius 3 is 2.53 bits per heavy atom. The Balaban J connectivity index is 2.06. The van der Waals surface area contributed by atoms with Crippen LogP contribution in [0.2, 0.25) is 10.0 Å². The molecule has 5 heteroatoms. The van der Waals surface area contributed by atoms with Gasteiger partial charge in [0.15, 0.2) is 0 Å². The van der Waals surface area contributed by atoms with E-state index in [1.165, 1.54) is 0 Å². The van der Waals surface area contributed by atoms with Gasteiger partial charge in [0, 0.05) is 25.4 Å². The van der Waals surface area contributed by atoms with Crippen LogP contribution in [0, 0.1) is 0 Å². The van der Waals surface area contributed by atoms with E-state index in [0.29, 0.717) is 23.0 Å². The molecule has 1 heterocycles. The summed E-state index contributed by atoms with van der Waals surface area (Å²) in [6.45, 7) is 2.17. The second-order valence-corrected chi connectivity index (χ2v) is 5.71. The van der Waals surface area contributed by atoms with Crippen LogP contribution in [-0.2, 0) is 4.79 Å². The first-order chi connectivity index (χ1) is 9.11. The van der Waals surface area contributed by atoms with Crippen molar-refractivity contribution in [2.24, 2.45) is 5.73 Å². The van der Waals surface area contributed by atoms with Crippen LogP contribution in [0.5, 0.6) is 0 Å². The summed E-state index contributed by atoms with van der Waals surface area (Å²) in [6.07, 6.45) is 2.64. The van der Waals surface area contributed by atoms with E-state index < -0.39 is 0 Å². The average Bonchev–Trinajstić information content (AvgIpc) is 2.93. The molecule has 1 unspecified atom stereocenters. The third-order valence-corrected chi connectivity index (χ3v) is 4.32. The number of halogens is 2. The third kappa shape index (κ3) is 3.62. The summed E-state index contributed by atoms with van der Waals surface area (Å²) in [7, 11) is 0. The molecule has 0 saturated carbocycles. The smallest absolute Gasteiger partial charge is 0.223 e. The summed E-state index contributed by atoms with van der Waals surface area (Å²) in [6, 6.07) is 5.45. The van der Waals surface area contributed by atoms with Crippen LogP contribution in [0.25, 0.3) is 0 Å². The summed E-state index contributed by atoms with van der Waals surface area (Å²) in [5.41, 5.74) is 6.77. The Hall–Kier alpha value is -0.770. The lowest BCUT2D eigenvalue weighted by Crippen LogP contribution is -2.30. The number of hydrogen-bond acceptors (Lipinski definition) is 2. The number of likely N-dealkylation sites (tertiary alicyclic amines) is 1. The van der Waals surface area contributed by atoms with Crippen LogP contribution < -0.4 is 5.73 Å². The molecule has 1 atom stereocenters. The van der Waals surface area contributed by atoms with Gasteiger partial charge in [0.05, 0.1) is 10.0 Å². The van der Waals surface area contributed by atoms with Crippen molar-refractivity contribution >= 4 is 29.1 Å². The molecule has 1 fully saturated rings. The zero-order valence-electron chi connectivity index (χ0n) is 10.7. The minimum absolute atomic E-state index is 0.00265. The lowest BCUT2D eigenvalue weighted by atomic mass is 9.95. The third-order valence-electron chi connectivity index (χ3n) is 3.58. The number of hydrogen-bond donors (Lipinski definition) is 1. The van der Waals surface area contributed by atoms with Gasteiger partial charge in [-0.25, -0.2) is 0 Å². The van der Waals surface area contributed by atoms with Crippen LogP contribution in [0.15, 0.2) is 18.2 Å². The molecule has 0 radical (unpaired) electrons. The molecule has 2 N–H and O–H groups in total. The van der Waals surface area contributed by atoms with E-state index in [4.69, 9.17) is 28.9 Å². The topological polar surface area (TPSA) is 46.3 Å². The van der Waals surface area contributed by atoms with E-state index in [1.807, 2.05) is 11.0 Å². The first kappa shape index (κ1) is 14.6. The fourth-order valence-electron chi connectivity index (χ4n) is 2.41. The molecule has 0 spiro atoms. The number of rotatable bonds is 4. The summed E-state index contributed by atoms with van der Waals surface area (Å²) in [5.74, 6) is 0.182. The number of carbonyl (C=O) groups is 1. The summed E-state index contributed by atoms with van der Waals surface area (Å²) in [5, 5.41) is 1.03. The number of nitrogens with zero attached hydrogens (tertiary/aromatic N) is 1. The predicted molar refractivity (Wildman–Crippen MR) is 78.7 cm³/mol. The molecule has 1 aromatic carbocycles. The molecule has 3 nitrogen and oxygen atoms in total. The van der Waals surface area contributed by atoms with Crippen LogP contribution >= 0.6 is 23.2 Å². The molecule has 0 aromatic heterocycles. The zero-order chi connectivity index (χ0) is 13.8. The van der Waals surface area contributed by atoms with Gasteiger partial charge in [0.1, 0.15) is 0 Å². The van der Waals surface area contributed by atoms with Gasteiger partial charge in [-0.15, -0.1) is 0 Å². The Kier molecular flexibility index (Phi) is 5.08. The fourth-order valence-corrected chi connectivity index (χ4v) is 2.72. The number of nitrogens with two attached hydrogens (primary N) is 1. The zero-order valence-corrected chi connectivity index (χ0v) is 12.3. The number of amides is 1. The monoisotopic (exact) mass is 300 g/mol. The van der Waals surface area contributed by atoms with E-state index in [-0.39, 0.29) is 11.8 Å². The van der Waals surface area contributed by atoms with Gasteiger partial charge in [-0.1, -0.05) is 29.3 Å². The van der Waals surface area contributed by atoms with E-state index in [0.717, 1.165) is 31.5 Å². The molecule has 1 aliphatic rings. The molecular weight excluding hydrogens is 283 g/mol. The predicted octanol–water partition coefficient (Wildman–Crippen LogP) is 3.05. The lowest BCUT2D eigenvalue weighted by molar-refractivity contribution is -0.130. The quantitative estimate of drug-likeness (QED) is 0.929. The SMILES string of the molecule is NCC(CC(=O)N1CCCC1)c1ccc(Cl)c(Cl)c1. The molecular formula is C14H18Cl2N2O. The summed E-state index contributed by atoms with van der Waals surface area (Å²) in [4.78, 5) is 14.1. The minimum Gasteiger partial charge on any atom is -0.343 e. The first-order valence-corrected chi connectivity index (χ1v) is 7.30. The highest BCUT2D eigenvalue weighted by Gasteiger charge is 2.22. The Morgan fingerprint density at radius 2 is 1.95 bits per heavy atom. The van der Waals surface area contributed by atoms with Crippen molar-refractivity contribution in [2.45, 2.75) is 25.2 Å². The largest absolute Gasteiger partial charge is 0.343 e. The van der Waals surface area contributed by atoms with Crippen LogP contribution in [0.1, 0.15) is 30.7 Å². The van der Waals surface area contributed by atoms with Gasteiger partial charge in [-0.2, -0.15) is 0 Å². The van der Waals surface area contributed by atoms with Crippen molar-refractivity contribution in [2.75, 3.05) is 19.6 Å². The highest BCUT2D eigenvalue weighted by atomic mass is 35.5. The van der Waals surface area contributed by atoms with Gasteiger partial charge in [0.25, 0.3) is 0 Å². The molecule has 104 valence electrons. The van der Waals surface area contributed by atoms with Crippen LogP contribution in [-0.4, -0.2) is 30.4 Å². The highest BCUT2D eigenvalue weighted by molar-refractivity contribution is 6.42. The van der Waals surface area contributed by atoms with Crippen molar-refractivity contribution in [3.8, 4) is 0 Å². The summed E-state index contributed by atoms with van der Waals surface area (Å²) >= 11 is 11.9. The minimum atomic E-state index is 0.00265. The standard InChI is InChI=1S/C14H18Cl2N2O/c15-12-4-3-10(7-13(12)16)11(9-17)8-14(19)18-5-1-2-6-18/h3-4,7,11H,1-2,5-6,8-9,17H2. The molecule has 2 rings (SSSR count). The number of benzene rings is 1. The van der Waals surface area contributed by atoms with Gasteiger partial charge in [-0.3, -0.25) is 4.79 Å². The second kappa shape index (κ2) is 6.60. The van der Waals surface area contributed by atoms with Gasteiger partial charge in [-0.05, 0) is 37.1 Å². The van der Waals surface area contributed by atoms with E-state index in [2.05, 4.69) is 0 Å². The van der Waals surface area contributed by atoms with E-state index >= 15 is 0 Å². The van der Waals surface area contributed by atoms with Crippen molar-refractivity contribution in [3.63, 3.8) is 0 Å². The molecule has 1 amide bonds. The van der Waals surface area contributed by atoms with Gasteiger partial charge in [0.2, 0.25) is 5.91 Å². The van der Waals surface area contributed by atoms with Gasteiger partial charge >= 0.3 is 0 Å². The van der Waals surface area contributed by atoms with Crippen LogP contribution in [0.3, 0.4) is 0 Å². The maximum Gasteiger partial charge on any atom is 0.223 e. The molecule has 0 aliphatic carbocycles. The molecule has 0 bridgehead atoms. The second-order valence-electron chi connectivity index (χ2n) is 4.90. The van der Waals surface area contributed by atoms with Crippen LogP contribution in [0.4, 0.5) is 0 Å². The summed E-state index contributed by atoms with van der Waals surface area (Å²) < 4.78 is 0. The maximum absolute atomic E-state index is 12.2. The Labute approximate surface area is 123 Å². The van der Waals surface area contributed by atoms with E-state index in [1.54, 1.807) is 12.1 Å².